The molecule has 0 aromatic carbocycles. The number of halogens is 1. The minimum atomic E-state index is 0.268. The van der Waals surface area contributed by atoms with Crippen molar-refractivity contribution in [3.63, 3.8) is 0 Å². The summed E-state index contributed by atoms with van der Waals surface area (Å²) in [7, 11) is 0. The highest BCUT2D eigenvalue weighted by Crippen LogP contribution is 2.09. The van der Waals surface area contributed by atoms with Crippen molar-refractivity contribution < 1.29 is 4.74 Å². The van der Waals surface area contributed by atoms with E-state index in [0.29, 0.717) is 5.92 Å². The monoisotopic (exact) mass is 248 g/mol. The fourth-order valence-electron chi connectivity index (χ4n) is 1.92. The summed E-state index contributed by atoms with van der Waals surface area (Å²) in [4.78, 5) is 2.43. The highest BCUT2D eigenvalue weighted by Gasteiger charge is 2.10. The molecule has 1 aliphatic rings. The van der Waals surface area contributed by atoms with Crippen LogP contribution in [0.1, 0.15) is 20.3 Å². The molecule has 0 bridgehead atoms. The minimum Gasteiger partial charge on any atom is -0.379 e. The average Bonchev–Trinajstić information content (AvgIpc) is 2.25. The zero-order valence-electron chi connectivity index (χ0n) is 10.5. The van der Waals surface area contributed by atoms with Crippen LogP contribution in [0.3, 0.4) is 0 Å². The number of nitrogens with one attached hydrogen (secondary N) is 1. The second-order valence-electron chi connectivity index (χ2n) is 4.88. The van der Waals surface area contributed by atoms with Crippen molar-refractivity contribution in [2.45, 2.75) is 25.6 Å². The van der Waals surface area contributed by atoms with E-state index in [4.69, 9.17) is 16.3 Å². The molecule has 0 radical (unpaired) electrons. The molecule has 0 aromatic rings. The summed E-state index contributed by atoms with van der Waals surface area (Å²) in [5.41, 5.74) is 0. The van der Waals surface area contributed by atoms with Crippen LogP contribution in [0.5, 0.6) is 0 Å². The number of morpholine rings is 1. The Kier molecular flexibility index (Phi) is 7.37. The number of ether oxygens (including phenoxy) is 1. The fourth-order valence-corrected chi connectivity index (χ4v) is 2.38. The maximum atomic E-state index is 6.20. The Hall–Kier alpha value is 0.170. The van der Waals surface area contributed by atoms with Crippen LogP contribution in [0.25, 0.3) is 0 Å². The van der Waals surface area contributed by atoms with Gasteiger partial charge in [-0.3, -0.25) is 4.90 Å². The van der Waals surface area contributed by atoms with Gasteiger partial charge in [-0.15, -0.1) is 11.6 Å². The first-order valence-electron chi connectivity index (χ1n) is 6.33. The van der Waals surface area contributed by atoms with Crippen LogP contribution in [0, 0.1) is 5.92 Å². The molecule has 1 atom stereocenters. The molecular formula is C12H25ClN2O. The van der Waals surface area contributed by atoms with Crippen molar-refractivity contribution in [3.05, 3.63) is 0 Å². The molecule has 0 spiro atoms. The SMILES string of the molecule is CC(C)CC(Cl)CNCCN1CCOCC1. The van der Waals surface area contributed by atoms with E-state index in [9.17, 15) is 0 Å². The third kappa shape index (κ3) is 6.69. The van der Waals surface area contributed by atoms with E-state index in [1.54, 1.807) is 0 Å². The lowest BCUT2D eigenvalue weighted by atomic mass is 10.1. The third-order valence-electron chi connectivity index (χ3n) is 2.80. The van der Waals surface area contributed by atoms with E-state index in [2.05, 4.69) is 24.1 Å². The van der Waals surface area contributed by atoms with Gasteiger partial charge in [0.25, 0.3) is 0 Å². The van der Waals surface area contributed by atoms with Crippen molar-refractivity contribution in [1.82, 2.24) is 10.2 Å². The number of hydrogen-bond donors (Lipinski definition) is 1. The van der Waals surface area contributed by atoms with E-state index in [1.807, 2.05) is 0 Å². The normalized spacial score (nSPS) is 20.2. The zero-order valence-corrected chi connectivity index (χ0v) is 11.3. The van der Waals surface area contributed by atoms with Crippen LogP contribution in [0.2, 0.25) is 0 Å². The number of alkyl halides is 1. The average molecular weight is 249 g/mol. The van der Waals surface area contributed by atoms with Crippen molar-refractivity contribution in [2.24, 2.45) is 5.92 Å². The predicted octanol–water partition coefficient (Wildman–Crippen LogP) is 1.56. The first kappa shape index (κ1) is 14.2. The molecule has 0 saturated carbocycles. The Balaban J connectivity index is 1.94. The van der Waals surface area contributed by atoms with E-state index in [1.165, 1.54) is 0 Å². The Labute approximate surface area is 104 Å². The lowest BCUT2D eigenvalue weighted by Gasteiger charge is -2.26. The van der Waals surface area contributed by atoms with Gasteiger partial charge in [0.1, 0.15) is 0 Å². The first-order valence-corrected chi connectivity index (χ1v) is 6.77. The molecule has 0 aliphatic carbocycles. The first-order chi connectivity index (χ1) is 7.68. The molecule has 1 unspecified atom stereocenters. The minimum absolute atomic E-state index is 0.268. The van der Waals surface area contributed by atoms with Crippen LogP contribution in [0.4, 0.5) is 0 Å². The molecule has 1 aliphatic heterocycles. The molecule has 1 heterocycles. The number of nitrogens with zero attached hydrogens (tertiary/aromatic N) is 1. The smallest absolute Gasteiger partial charge is 0.0594 e. The highest BCUT2D eigenvalue weighted by atomic mass is 35.5. The highest BCUT2D eigenvalue weighted by molar-refractivity contribution is 6.20. The maximum absolute atomic E-state index is 6.20. The molecule has 16 heavy (non-hydrogen) atoms. The van der Waals surface area contributed by atoms with Crippen LogP contribution in [-0.2, 0) is 4.74 Å². The van der Waals surface area contributed by atoms with Crippen LogP contribution < -0.4 is 5.32 Å². The van der Waals surface area contributed by atoms with Gasteiger partial charge in [0, 0.05) is 38.1 Å². The van der Waals surface area contributed by atoms with Gasteiger partial charge in [-0.05, 0) is 12.3 Å². The van der Waals surface area contributed by atoms with Crippen molar-refractivity contribution in [3.8, 4) is 0 Å². The summed E-state index contributed by atoms with van der Waals surface area (Å²) >= 11 is 6.20. The summed E-state index contributed by atoms with van der Waals surface area (Å²) in [6, 6.07) is 0. The topological polar surface area (TPSA) is 24.5 Å². The lowest BCUT2D eigenvalue weighted by molar-refractivity contribution is 0.0384. The zero-order chi connectivity index (χ0) is 11.8. The third-order valence-corrected chi connectivity index (χ3v) is 3.13. The quantitative estimate of drug-likeness (QED) is 0.547. The molecule has 1 N–H and O–H groups in total. The van der Waals surface area contributed by atoms with E-state index >= 15 is 0 Å². The molecule has 1 rings (SSSR count). The van der Waals surface area contributed by atoms with Gasteiger partial charge in [-0.25, -0.2) is 0 Å². The number of rotatable bonds is 7. The predicted molar refractivity (Wildman–Crippen MR) is 69.2 cm³/mol. The van der Waals surface area contributed by atoms with Crippen LogP contribution >= 0.6 is 11.6 Å². The van der Waals surface area contributed by atoms with E-state index in [-0.39, 0.29) is 5.38 Å². The van der Waals surface area contributed by atoms with E-state index in [0.717, 1.165) is 52.4 Å². The summed E-state index contributed by atoms with van der Waals surface area (Å²) in [5, 5.41) is 3.69. The van der Waals surface area contributed by atoms with Gasteiger partial charge < -0.3 is 10.1 Å². The molecule has 96 valence electrons. The Morgan fingerprint density at radius 3 is 2.62 bits per heavy atom. The van der Waals surface area contributed by atoms with Gasteiger partial charge in [0.2, 0.25) is 0 Å². The molecule has 0 amide bonds. The molecule has 4 heteroatoms. The largest absolute Gasteiger partial charge is 0.379 e. The number of hydrogen-bond acceptors (Lipinski definition) is 3. The van der Waals surface area contributed by atoms with Crippen LogP contribution in [0.15, 0.2) is 0 Å². The second-order valence-corrected chi connectivity index (χ2v) is 5.50. The Bertz CT molecular complexity index is 172. The molecule has 1 fully saturated rings. The summed E-state index contributed by atoms with van der Waals surface area (Å²) in [5.74, 6) is 0.684. The summed E-state index contributed by atoms with van der Waals surface area (Å²) in [6.45, 7) is 11.4. The Morgan fingerprint density at radius 2 is 2.00 bits per heavy atom. The van der Waals surface area contributed by atoms with Gasteiger partial charge in [0.15, 0.2) is 0 Å². The van der Waals surface area contributed by atoms with Gasteiger partial charge in [-0.2, -0.15) is 0 Å². The van der Waals surface area contributed by atoms with Gasteiger partial charge in [0.05, 0.1) is 13.2 Å². The van der Waals surface area contributed by atoms with Crippen molar-refractivity contribution in [1.29, 1.82) is 0 Å². The molecule has 1 saturated heterocycles. The van der Waals surface area contributed by atoms with Crippen LogP contribution in [-0.4, -0.2) is 56.2 Å². The summed E-state index contributed by atoms with van der Waals surface area (Å²) in [6.07, 6.45) is 1.09. The standard InChI is InChI=1S/C12H25ClN2O/c1-11(2)9-12(13)10-14-3-4-15-5-7-16-8-6-15/h11-12,14H,3-10H2,1-2H3. The molecule has 0 aromatic heterocycles. The second kappa shape index (κ2) is 8.29. The van der Waals surface area contributed by atoms with E-state index < -0.39 is 0 Å². The van der Waals surface area contributed by atoms with Crippen molar-refractivity contribution in [2.75, 3.05) is 45.9 Å². The summed E-state index contributed by atoms with van der Waals surface area (Å²) < 4.78 is 5.30. The maximum Gasteiger partial charge on any atom is 0.0594 e. The van der Waals surface area contributed by atoms with Crippen molar-refractivity contribution >= 4 is 11.6 Å². The van der Waals surface area contributed by atoms with Gasteiger partial charge in [-0.1, -0.05) is 13.8 Å². The van der Waals surface area contributed by atoms with Gasteiger partial charge >= 0.3 is 0 Å². The molecule has 3 nitrogen and oxygen atoms in total. The lowest BCUT2D eigenvalue weighted by Crippen LogP contribution is -2.41. The molecular weight excluding hydrogens is 224 g/mol. The fraction of sp³-hybridized carbons (Fsp3) is 1.00. The Morgan fingerprint density at radius 1 is 1.31 bits per heavy atom.